The van der Waals surface area contributed by atoms with E-state index in [2.05, 4.69) is 10.3 Å². The number of rotatable bonds is 5. The van der Waals surface area contributed by atoms with Gasteiger partial charge in [0.25, 0.3) is 10.0 Å². The van der Waals surface area contributed by atoms with Crippen LogP contribution in [0.2, 0.25) is 0 Å². The first kappa shape index (κ1) is 13.1. The Bertz CT molecular complexity index is 433. The quantitative estimate of drug-likeness (QED) is 0.765. The van der Waals surface area contributed by atoms with Crippen LogP contribution in [0.3, 0.4) is 0 Å². The van der Waals surface area contributed by atoms with Crippen molar-refractivity contribution in [3.05, 3.63) is 12.0 Å². The van der Waals surface area contributed by atoms with E-state index < -0.39 is 10.0 Å². The normalized spacial score (nSPS) is 12.3. The maximum atomic E-state index is 12.0. The fourth-order valence-electron chi connectivity index (χ4n) is 1.20. The second kappa shape index (κ2) is 4.94. The summed E-state index contributed by atoms with van der Waals surface area (Å²) >= 11 is 0. The molecule has 0 saturated heterocycles. The highest BCUT2D eigenvalue weighted by Gasteiger charge is 2.23. The Labute approximate surface area is 96.3 Å². The van der Waals surface area contributed by atoms with E-state index in [0.717, 1.165) is 0 Å². The Morgan fingerprint density at radius 3 is 2.62 bits per heavy atom. The van der Waals surface area contributed by atoms with Gasteiger partial charge in [-0.2, -0.15) is 4.31 Å². The van der Waals surface area contributed by atoms with Crippen LogP contribution in [-0.2, 0) is 17.1 Å². The first-order valence-electron chi connectivity index (χ1n) is 5.00. The zero-order valence-corrected chi connectivity index (χ0v) is 10.9. The van der Waals surface area contributed by atoms with Gasteiger partial charge in [0, 0.05) is 33.4 Å². The van der Waals surface area contributed by atoms with E-state index >= 15 is 0 Å². The minimum absolute atomic E-state index is 0.103. The van der Waals surface area contributed by atoms with Crippen molar-refractivity contribution in [1.29, 1.82) is 0 Å². The first-order chi connectivity index (χ1) is 7.39. The third-order valence-electron chi connectivity index (χ3n) is 2.44. The number of aromatic nitrogens is 2. The molecule has 0 radical (unpaired) electrons. The minimum Gasteiger partial charge on any atom is -0.337 e. The molecule has 0 aliphatic heterocycles. The number of sulfonamides is 1. The molecule has 0 amide bonds. The van der Waals surface area contributed by atoms with Crippen molar-refractivity contribution in [3.8, 4) is 0 Å². The van der Waals surface area contributed by atoms with E-state index in [1.807, 2.05) is 0 Å². The monoisotopic (exact) mass is 246 g/mol. The van der Waals surface area contributed by atoms with Crippen molar-refractivity contribution in [2.45, 2.75) is 11.9 Å². The summed E-state index contributed by atoms with van der Waals surface area (Å²) in [5.74, 6) is 0.681. The summed E-state index contributed by atoms with van der Waals surface area (Å²) in [7, 11) is 1.66. The van der Waals surface area contributed by atoms with Gasteiger partial charge in [-0.25, -0.2) is 13.4 Å². The molecular formula is C9H18N4O2S. The highest BCUT2D eigenvalue weighted by Crippen LogP contribution is 2.12. The molecule has 1 aromatic rings. The molecule has 1 heterocycles. The van der Waals surface area contributed by atoms with Crippen LogP contribution in [0.1, 0.15) is 5.82 Å². The van der Waals surface area contributed by atoms with Gasteiger partial charge in [0.05, 0.1) is 0 Å². The molecular weight excluding hydrogens is 228 g/mol. The van der Waals surface area contributed by atoms with Crippen molar-refractivity contribution >= 4 is 10.0 Å². The third kappa shape index (κ3) is 2.60. The number of aryl methyl sites for hydroxylation is 2. The van der Waals surface area contributed by atoms with Gasteiger partial charge in [-0.15, -0.1) is 0 Å². The van der Waals surface area contributed by atoms with Crippen molar-refractivity contribution in [2.75, 3.05) is 27.2 Å². The lowest BCUT2D eigenvalue weighted by Crippen LogP contribution is -2.33. The van der Waals surface area contributed by atoms with Gasteiger partial charge < -0.3 is 9.88 Å². The smallest absolute Gasteiger partial charge is 0.261 e. The van der Waals surface area contributed by atoms with Gasteiger partial charge in [0.1, 0.15) is 5.82 Å². The molecule has 0 bridgehead atoms. The number of nitrogens with zero attached hydrogens (tertiary/aromatic N) is 3. The van der Waals surface area contributed by atoms with E-state index in [-0.39, 0.29) is 5.03 Å². The summed E-state index contributed by atoms with van der Waals surface area (Å²) in [6, 6.07) is 0. The Morgan fingerprint density at radius 1 is 1.56 bits per heavy atom. The van der Waals surface area contributed by atoms with Crippen LogP contribution < -0.4 is 5.32 Å². The van der Waals surface area contributed by atoms with Gasteiger partial charge >= 0.3 is 0 Å². The predicted molar refractivity (Wildman–Crippen MR) is 61.7 cm³/mol. The van der Waals surface area contributed by atoms with Crippen molar-refractivity contribution < 1.29 is 8.42 Å². The molecule has 1 rings (SSSR count). The fourth-order valence-corrected chi connectivity index (χ4v) is 2.39. The molecule has 0 aromatic carbocycles. The average Bonchev–Trinajstić information content (AvgIpc) is 2.56. The number of likely N-dealkylation sites (N-methyl/N-ethyl adjacent to an activating group) is 2. The number of nitrogens with one attached hydrogen (secondary N) is 1. The molecule has 0 unspecified atom stereocenters. The van der Waals surface area contributed by atoms with Crippen LogP contribution in [0, 0.1) is 6.92 Å². The Hall–Kier alpha value is -0.920. The SMILES string of the molecule is CNCCN(C)S(=O)(=O)c1cn(C)c(C)n1. The molecule has 92 valence electrons. The Morgan fingerprint density at radius 2 is 2.19 bits per heavy atom. The van der Waals surface area contributed by atoms with E-state index in [1.165, 1.54) is 10.5 Å². The molecule has 0 aliphatic rings. The largest absolute Gasteiger partial charge is 0.337 e. The predicted octanol–water partition coefficient (Wildman–Crippen LogP) is -0.432. The summed E-state index contributed by atoms with van der Waals surface area (Å²) in [4.78, 5) is 4.02. The van der Waals surface area contributed by atoms with Crippen LogP contribution in [0.5, 0.6) is 0 Å². The number of imidazole rings is 1. The lowest BCUT2D eigenvalue weighted by molar-refractivity contribution is 0.463. The summed E-state index contributed by atoms with van der Waals surface area (Å²) in [6.07, 6.45) is 1.53. The van der Waals surface area contributed by atoms with Crippen LogP contribution in [0.15, 0.2) is 11.2 Å². The van der Waals surface area contributed by atoms with Crippen LogP contribution in [0.4, 0.5) is 0 Å². The van der Waals surface area contributed by atoms with E-state index in [4.69, 9.17) is 0 Å². The van der Waals surface area contributed by atoms with E-state index in [1.54, 1.807) is 32.6 Å². The molecule has 0 atom stereocenters. The standard InChI is InChI=1S/C9H18N4O2S/c1-8-11-9(7-12(8)3)16(14,15)13(4)6-5-10-2/h7,10H,5-6H2,1-4H3. The molecule has 1 N–H and O–H groups in total. The highest BCUT2D eigenvalue weighted by molar-refractivity contribution is 7.89. The zero-order chi connectivity index (χ0) is 12.3. The summed E-state index contributed by atoms with van der Waals surface area (Å²) in [5.41, 5.74) is 0. The molecule has 0 spiro atoms. The maximum absolute atomic E-state index is 12.0. The summed E-state index contributed by atoms with van der Waals surface area (Å²) in [5, 5.41) is 3.01. The van der Waals surface area contributed by atoms with Gasteiger partial charge in [-0.05, 0) is 14.0 Å². The van der Waals surface area contributed by atoms with Crippen molar-refractivity contribution in [3.63, 3.8) is 0 Å². The Kier molecular flexibility index (Phi) is 4.06. The van der Waals surface area contributed by atoms with Gasteiger partial charge in [-0.1, -0.05) is 0 Å². The minimum atomic E-state index is -3.45. The fraction of sp³-hybridized carbons (Fsp3) is 0.667. The molecule has 7 heteroatoms. The van der Waals surface area contributed by atoms with Crippen LogP contribution in [0.25, 0.3) is 0 Å². The van der Waals surface area contributed by atoms with Gasteiger partial charge in [0.2, 0.25) is 0 Å². The third-order valence-corrected chi connectivity index (χ3v) is 4.17. The van der Waals surface area contributed by atoms with Crippen molar-refractivity contribution in [2.24, 2.45) is 7.05 Å². The van der Waals surface area contributed by atoms with Gasteiger partial charge in [0.15, 0.2) is 5.03 Å². The lowest BCUT2D eigenvalue weighted by atomic mass is 10.6. The van der Waals surface area contributed by atoms with Gasteiger partial charge in [-0.3, -0.25) is 0 Å². The second-order valence-corrected chi connectivity index (χ2v) is 5.66. The molecule has 1 aromatic heterocycles. The van der Waals surface area contributed by atoms with E-state index in [9.17, 15) is 8.42 Å². The maximum Gasteiger partial charge on any atom is 0.261 e. The number of hydrogen-bond donors (Lipinski definition) is 1. The van der Waals surface area contributed by atoms with Crippen molar-refractivity contribution in [1.82, 2.24) is 19.2 Å². The average molecular weight is 246 g/mol. The summed E-state index contributed by atoms with van der Waals surface area (Å²) < 4.78 is 27.0. The molecule has 6 nitrogen and oxygen atoms in total. The highest BCUT2D eigenvalue weighted by atomic mass is 32.2. The second-order valence-electron chi connectivity index (χ2n) is 3.67. The zero-order valence-electron chi connectivity index (χ0n) is 10.1. The Balaban J connectivity index is 2.93. The van der Waals surface area contributed by atoms with Crippen LogP contribution >= 0.6 is 0 Å². The first-order valence-corrected chi connectivity index (χ1v) is 6.44. The molecule has 0 fully saturated rings. The molecule has 0 saturated carbocycles. The lowest BCUT2D eigenvalue weighted by Gasteiger charge is -2.14. The number of hydrogen-bond acceptors (Lipinski definition) is 4. The topological polar surface area (TPSA) is 67.2 Å². The molecule has 16 heavy (non-hydrogen) atoms. The van der Waals surface area contributed by atoms with E-state index in [0.29, 0.717) is 18.9 Å². The van der Waals surface area contributed by atoms with Crippen LogP contribution in [-0.4, -0.2) is 49.5 Å². The molecule has 0 aliphatic carbocycles. The summed E-state index contributed by atoms with van der Waals surface area (Å²) in [6.45, 7) is 2.81.